The summed E-state index contributed by atoms with van der Waals surface area (Å²) in [6.45, 7) is 11.2. The minimum Gasteiger partial charge on any atom is -0.465 e. The summed E-state index contributed by atoms with van der Waals surface area (Å²) in [5.41, 5.74) is 1.58. The van der Waals surface area contributed by atoms with Gasteiger partial charge in [0.05, 0.1) is 11.4 Å². The van der Waals surface area contributed by atoms with Gasteiger partial charge in [-0.05, 0) is 18.6 Å². The zero-order chi connectivity index (χ0) is 15.0. The maximum Gasteiger partial charge on any atom is 0.411 e. The van der Waals surface area contributed by atoms with E-state index in [1.54, 1.807) is 12.2 Å². The molecule has 1 rings (SSSR count). The first-order chi connectivity index (χ1) is 9.65. The van der Waals surface area contributed by atoms with E-state index in [1.165, 1.54) is 4.90 Å². The average Bonchev–Trinajstić information content (AvgIpc) is 2.44. The van der Waals surface area contributed by atoms with E-state index in [0.717, 1.165) is 12.1 Å². The van der Waals surface area contributed by atoms with E-state index in [1.807, 2.05) is 36.1 Å². The van der Waals surface area contributed by atoms with Crippen LogP contribution in [0.4, 0.5) is 16.2 Å². The third-order valence-electron chi connectivity index (χ3n) is 2.89. The first kappa shape index (κ1) is 15.8. The first-order valence-corrected chi connectivity index (χ1v) is 6.71. The summed E-state index contributed by atoms with van der Waals surface area (Å²) >= 11 is 0. The molecule has 0 bridgehead atoms. The predicted molar refractivity (Wildman–Crippen MR) is 84.7 cm³/mol. The molecule has 4 heteroatoms. The fourth-order valence-electron chi connectivity index (χ4n) is 2.09. The van der Waals surface area contributed by atoms with Crippen molar-refractivity contribution in [2.75, 3.05) is 29.4 Å². The highest BCUT2D eigenvalue weighted by Gasteiger charge is 2.18. The van der Waals surface area contributed by atoms with Crippen LogP contribution in [0.1, 0.15) is 13.3 Å². The Morgan fingerprint density at radius 1 is 1.20 bits per heavy atom. The molecule has 0 aromatic heterocycles. The smallest absolute Gasteiger partial charge is 0.411 e. The summed E-state index contributed by atoms with van der Waals surface area (Å²) in [6, 6.07) is 7.51. The van der Waals surface area contributed by atoms with E-state index in [0.29, 0.717) is 25.3 Å². The monoisotopic (exact) mass is 274 g/mol. The van der Waals surface area contributed by atoms with Crippen LogP contribution in [0.3, 0.4) is 0 Å². The van der Waals surface area contributed by atoms with Crippen LogP contribution in [0.2, 0.25) is 0 Å². The van der Waals surface area contributed by atoms with Gasteiger partial charge in [-0.1, -0.05) is 31.2 Å². The molecule has 108 valence electrons. The highest BCUT2D eigenvalue weighted by atomic mass is 16.4. The van der Waals surface area contributed by atoms with Crippen molar-refractivity contribution in [3.63, 3.8) is 0 Å². The van der Waals surface area contributed by atoms with Crippen LogP contribution in [0.25, 0.3) is 0 Å². The van der Waals surface area contributed by atoms with E-state index < -0.39 is 6.09 Å². The number of hydrogen-bond acceptors (Lipinski definition) is 2. The third-order valence-corrected chi connectivity index (χ3v) is 2.89. The molecule has 1 aromatic carbocycles. The van der Waals surface area contributed by atoms with Crippen LogP contribution >= 0.6 is 0 Å². The molecule has 0 atom stereocenters. The summed E-state index contributed by atoms with van der Waals surface area (Å²) in [7, 11) is 0. The van der Waals surface area contributed by atoms with E-state index >= 15 is 0 Å². The van der Waals surface area contributed by atoms with Gasteiger partial charge in [-0.25, -0.2) is 4.79 Å². The SMILES string of the molecule is C=CCN(CC=C)c1ccccc1N(CCC)C(=O)O. The maximum atomic E-state index is 11.4. The van der Waals surface area contributed by atoms with Gasteiger partial charge in [0.25, 0.3) is 0 Å². The van der Waals surface area contributed by atoms with Crippen molar-refractivity contribution in [1.29, 1.82) is 0 Å². The lowest BCUT2D eigenvalue weighted by Crippen LogP contribution is -2.33. The fourth-order valence-corrected chi connectivity index (χ4v) is 2.09. The Kier molecular flexibility index (Phi) is 6.37. The topological polar surface area (TPSA) is 43.8 Å². The normalized spacial score (nSPS) is 9.85. The van der Waals surface area contributed by atoms with Crippen molar-refractivity contribution < 1.29 is 9.90 Å². The zero-order valence-electron chi connectivity index (χ0n) is 12.0. The number of nitrogens with zero attached hydrogens (tertiary/aromatic N) is 2. The van der Waals surface area contributed by atoms with Crippen molar-refractivity contribution in [3.8, 4) is 0 Å². The Bertz CT molecular complexity index is 461. The highest BCUT2D eigenvalue weighted by Crippen LogP contribution is 2.29. The summed E-state index contributed by atoms with van der Waals surface area (Å²) in [6.07, 6.45) is 3.43. The molecule has 20 heavy (non-hydrogen) atoms. The predicted octanol–water partition coefficient (Wildman–Crippen LogP) is 3.76. The van der Waals surface area contributed by atoms with Gasteiger partial charge in [0.15, 0.2) is 0 Å². The number of carboxylic acid groups (broad SMARTS) is 1. The van der Waals surface area contributed by atoms with Gasteiger partial charge >= 0.3 is 6.09 Å². The maximum absolute atomic E-state index is 11.4. The first-order valence-electron chi connectivity index (χ1n) is 6.71. The minimum atomic E-state index is -0.934. The van der Waals surface area contributed by atoms with Crippen LogP contribution in [0, 0.1) is 0 Å². The van der Waals surface area contributed by atoms with E-state index in [9.17, 15) is 9.90 Å². The summed E-state index contributed by atoms with van der Waals surface area (Å²) in [4.78, 5) is 14.9. The van der Waals surface area contributed by atoms with Crippen molar-refractivity contribution in [2.45, 2.75) is 13.3 Å². The van der Waals surface area contributed by atoms with Crippen LogP contribution < -0.4 is 9.80 Å². The third kappa shape index (κ3) is 3.88. The molecule has 0 aliphatic rings. The number of benzene rings is 1. The number of amides is 1. The van der Waals surface area contributed by atoms with Crippen molar-refractivity contribution in [3.05, 3.63) is 49.6 Å². The standard InChI is InChI=1S/C16H22N2O2/c1-4-11-17(12-5-2)14-9-7-8-10-15(14)18(13-6-3)16(19)20/h4-5,7-10H,1-2,6,11-13H2,3H3,(H,19,20). The molecule has 0 heterocycles. The molecular weight excluding hydrogens is 252 g/mol. The lowest BCUT2D eigenvalue weighted by atomic mass is 10.2. The van der Waals surface area contributed by atoms with Gasteiger partial charge in [-0.3, -0.25) is 4.90 Å². The second kappa shape index (κ2) is 8.04. The van der Waals surface area contributed by atoms with Crippen molar-refractivity contribution in [1.82, 2.24) is 0 Å². The Morgan fingerprint density at radius 3 is 2.20 bits per heavy atom. The van der Waals surface area contributed by atoms with Crippen molar-refractivity contribution in [2.24, 2.45) is 0 Å². The number of anilines is 2. The Balaban J connectivity index is 3.21. The van der Waals surface area contributed by atoms with E-state index in [4.69, 9.17) is 0 Å². The molecule has 0 unspecified atom stereocenters. The Labute approximate surface area is 120 Å². The number of hydrogen-bond donors (Lipinski definition) is 1. The quantitative estimate of drug-likeness (QED) is 0.734. The molecule has 4 nitrogen and oxygen atoms in total. The largest absolute Gasteiger partial charge is 0.465 e. The molecule has 1 N–H and O–H groups in total. The fraction of sp³-hybridized carbons (Fsp3) is 0.312. The van der Waals surface area contributed by atoms with Gasteiger partial charge in [-0.2, -0.15) is 0 Å². The molecule has 0 radical (unpaired) electrons. The van der Waals surface area contributed by atoms with Gasteiger partial charge in [0, 0.05) is 19.6 Å². The van der Waals surface area contributed by atoms with Gasteiger partial charge in [0.1, 0.15) is 0 Å². The van der Waals surface area contributed by atoms with Crippen LogP contribution in [0.5, 0.6) is 0 Å². The Hall–Kier alpha value is -2.23. The van der Waals surface area contributed by atoms with E-state index in [2.05, 4.69) is 13.2 Å². The molecule has 0 fully saturated rings. The molecule has 1 aromatic rings. The second-order valence-electron chi connectivity index (χ2n) is 4.41. The molecule has 0 aliphatic carbocycles. The molecule has 0 aliphatic heterocycles. The summed E-state index contributed by atoms with van der Waals surface area (Å²) in [5.74, 6) is 0. The highest BCUT2D eigenvalue weighted by molar-refractivity contribution is 5.91. The summed E-state index contributed by atoms with van der Waals surface area (Å²) < 4.78 is 0. The van der Waals surface area contributed by atoms with Crippen LogP contribution in [0.15, 0.2) is 49.6 Å². The number of carbonyl (C=O) groups is 1. The lowest BCUT2D eigenvalue weighted by molar-refractivity contribution is 0.202. The molecule has 1 amide bonds. The van der Waals surface area contributed by atoms with Gasteiger partial charge in [-0.15, -0.1) is 13.2 Å². The zero-order valence-corrected chi connectivity index (χ0v) is 12.0. The molecule has 0 saturated heterocycles. The van der Waals surface area contributed by atoms with Crippen LogP contribution in [-0.4, -0.2) is 30.8 Å². The molecular formula is C16H22N2O2. The molecule has 0 saturated carbocycles. The van der Waals surface area contributed by atoms with Crippen molar-refractivity contribution >= 4 is 17.5 Å². The second-order valence-corrected chi connectivity index (χ2v) is 4.41. The summed E-state index contributed by atoms with van der Waals surface area (Å²) in [5, 5.41) is 9.39. The average molecular weight is 274 g/mol. The van der Waals surface area contributed by atoms with Crippen LogP contribution in [-0.2, 0) is 0 Å². The Morgan fingerprint density at radius 2 is 1.75 bits per heavy atom. The number of rotatable bonds is 8. The van der Waals surface area contributed by atoms with Gasteiger partial charge < -0.3 is 10.0 Å². The van der Waals surface area contributed by atoms with Gasteiger partial charge in [0.2, 0.25) is 0 Å². The van der Waals surface area contributed by atoms with E-state index in [-0.39, 0.29) is 0 Å². The molecule has 0 spiro atoms. The lowest BCUT2D eigenvalue weighted by Gasteiger charge is -2.28. The number of para-hydroxylation sites is 2. The minimum absolute atomic E-state index is 0.475.